The van der Waals surface area contributed by atoms with Crippen molar-refractivity contribution in [1.29, 1.82) is 0 Å². The summed E-state index contributed by atoms with van der Waals surface area (Å²) in [6, 6.07) is 17.4. The first-order valence-corrected chi connectivity index (χ1v) is 13.3. The van der Waals surface area contributed by atoms with E-state index < -0.39 is 17.9 Å². The number of carbonyl (C=O) groups excluding carboxylic acids is 3. The lowest BCUT2D eigenvalue weighted by atomic mass is 9.87. The van der Waals surface area contributed by atoms with Gasteiger partial charge in [0, 0.05) is 18.3 Å². The van der Waals surface area contributed by atoms with Crippen molar-refractivity contribution in [1.82, 2.24) is 16.0 Å². The van der Waals surface area contributed by atoms with E-state index in [4.69, 9.17) is 33.7 Å². The molecule has 0 aromatic heterocycles. The summed E-state index contributed by atoms with van der Waals surface area (Å²) in [6.45, 7) is -0.149. The lowest BCUT2D eigenvalue weighted by Gasteiger charge is -2.27. The fraction of sp³-hybridized carbons (Fsp3) is 0.276. The molecular weight excluding hydrogens is 539 g/mol. The van der Waals surface area contributed by atoms with E-state index in [1.165, 1.54) is 12.7 Å². The second-order valence-electron chi connectivity index (χ2n) is 9.32. The van der Waals surface area contributed by atoms with Gasteiger partial charge in [0.05, 0.1) is 29.3 Å². The van der Waals surface area contributed by atoms with Crippen LogP contribution < -0.4 is 21.7 Å². The van der Waals surface area contributed by atoms with E-state index in [1.807, 2.05) is 48.5 Å². The summed E-state index contributed by atoms with van der Waals surface area (Å²) in [6.07, 6.45) is 2.86. The summed E-state index contributed by atoms with van der Waals surface area (Å²) in [5, 5.41) is 8.78. The van der Waals surface area contributed by atoms with Gasteiger partial charge in [0.1, 0.15) is 6.04 Å². The number of carbonyl (C=O) groups is 3. The Hall–Kier alpha value is -3.59. The van der Waals surface area contributed by atoms with Gasteiger partial charge >= 0.3 is 5.97 Å². The highest BCUT2D eigenvalue weighted by Gasteiger charge is 2.26. The predicted molar refractivity (Wildman–Crippen MR) is 153 cm³/mol. The van der Waals surface area contributed by atoms with Crippen molar-refractivity contribution < 1.29 is 19.1 Å². The smallest absolute Gasteiger partial charge is 0.330 e. The molecular formula is C29H30Cl2N4O4. The van der Waals surface area contributed by atoms with E-state index in [0.29, 0.717) is 5.69 Å². The molecule has 2 amide bonds. The molecule has 4 rings (SSSR count). The number of nitrogen functional groups attached to an aromatic ring is 1. The van der Waals surface area contributed by atoms with E-state index in [9.17, 15) is 14.4 Å². The minimum atomic E-state index is -1.15. The first kappa shape index (κ1) is 28.4. The normalized spacial score (nSPS) is 15.1. The van der Waals surface area contributed by atoms with E-state index in [0.717, 1.165) is 36.0 Å². The van der Waals surface area contributed by atoms with Gasteiger partial charge in [-0.2, -0.15) is 0 Å². The Morgan fingerprint density at radius 3 is 2.44 bits per heavy atom. The topological polar surface area (TPSA) is 123 Å². The van der Waals surface area contributed by atoms with E-state index >= 15 is 0 Å². The number of aryl methyl sites for hydroxylation is 1. The molecule has 0 heterocycles. The van der Waals surface area contributed by atoms with E-state index in [-0.39, 0.29) is 40.6 Å². The number of ether oxygens (including phenoxy) is 1. The maximum Gasteiger partial charge on any atom is 0.330 e. The molecule has 0 saturated heterocycles. The fourth-order valence-electron chi connectivity index (χ4n) is 4.68. The summed E-state index contributed by atoms with van der Waals surface area (Å²) >= 11 is 12.8. The zero-order valence-corrected chi connectivity index (χ0v) is 22.9. The van der Waals surface area contributed by atoms with Crippen LogP contribution in [0.5, 0.6) is 0 Å². The van der Waals surface area contributed by atoms with Crippen molar-refractivity contribution in [3.63, 3.8) is 0 Å². The van der Waals surface area contributed by atoms with Crippen LogP contribution >= 0.6 is 23.2 Å². The summed E-state index contributed by atoms with van der Waals surface area (Å²) < 4.78 is 4.83. The minimum Gasteiger partial charge on any atom is -0.467 e. The molecule has 2 atom stereocenters. The monoisotopic (exact) mass is 568 g/mol. The number of nitrogens with two attached hydrogens (primary N) is 1. The number of methoxy groups -OCH3 is 1. The van der Waals surface area contributed by atoms with Gasteiger partial charge in [-0.15, -0.1) is 0 Å². The van der Waals surface area contributed by atoms with Crippen LogP contribution in [0.25, 0.3) is 11.1 Å². The molecule has 5 N–H and O–H groups in total. The Labute approximate surface area is 237 Å². The van der Waals surface area contributed by atoms with Crippen LogP contribution in [-0.2, 0) is 20.7 Å². The zero-order valence-electron chi connectivity index (χ0n) is 21.4. The Morgan fingerprint density at radius 2 is 1.74 bits per heavy atom. The molecule has 8 nitrogen and oxygen atoms in total. The molecule has 0 radical (unpaired) electrons. The lowest BCUT2D eigenvalue weighted by molar-refractivity contribution is -0.142. The molecule has 0 saturated carbocycles. The Kier molecular flexibility index (Phi) is 9.45. The summed E-state index contributed by atoms with van der Waals surface area (Å²) in [5.74, 6) is -1.72. The largest absolute Gasteiger partial charge is 0.467 e. The first-order chi connectivity index (χ1) is 18.8. The standard InChI is InChI=1S/C29H30Cl2N4O4/c1-39-29(38)25(15-34-26(36)16-33-24-9-5-8-18-10-11-20(32)14-21(18)24)35-28(37)27-22(30)12-19(13-23(27)31)17-6-3-2-4-7-17/h2-4,6-7,10-14,24-25,33H,5,8-9,15-16,32H2,1H3,(H,34,36)(H,35,37)/t24?,25-/m0/s1. The molecule has 0 aliphatic heterocycles. The number of anilines is 1. The maximum absolute atomic E-state index is 13.1. The van der Waals surface area contributed by atoms with Crippen molar-refractivity contribution in [2.45, 2.75) is 31.3 Å². The van der Waals surface area contributed by atoms with Crippen LogP contribution in [0, 0.1) is 0 Å². The maximum atomic E-state index is 13.1. The molecule has 1 aliphatic carbocycles. The van der Waals surface area contributed by atoms with Gasteiger partial charge in [0.25, 0.3) is 5.91 Å². The Balaban J connectivity index is 1.37. The number of benzene rings is 3. The third kappa shape index (κ3) is 7.09. The highest BCUT2D eigenvalue weighted by atomic mass is 35.5. The van der Waals surface area contributed by atoms with E-state index in [1.54, 1.807) is 12.1 Å². The fourth-order valence-corrected chi connectivity index (χ4v) is 5.34. The van der Waals surface area contributed by atoms with Crippen molar-refractivity contribution in [3.8, 4) is 11.1 Å². The average molecular weight is 569 g/mol. The second-order valence-corrected chi connectivity index (χ2v) is 10.1. The molecule has 3 aromatic rings. The zero-order chi connectivity index (χ0) is 27.9. The number of halogens is 2. The highest BCUT2D eigenvalue weighted by Crippen LogP contribution is 2.32. The highest BCUT2D eigenvalue weighted by molar-refractivity contribution is 6.40. The van der Waals surface area contributed by atoms with Crippen LogP contribution in [0.15, 0.2) is 60.7 Å². The lowest BCUT2D eigenvalue weighted by Crippen LogP contribution is -2.50. The van der Waals surface area contributed by atoms with Crippen molar-refractivity contribution in [2.75, 3.05) is 25.9 Å². The second kappa shape index (κ2) is 13.0. The summed E-state index contributed by atoms with van der Waals surface area (Å²) in [7, 11) is 1.20. The number of hydrogen-bond acceptors (Lipinski definition) is 6. The Bertz CT molecular complexity index is 1340. The molecule has 1 unspecified atom stereocenters. The van der Waals surface area contributed by atoms with Gasteiger partial charge in [-0.3, -0.25) is 9.59 Å². The van der Waals surface area contributed by atoms with Crippen LogP contribution in [0.3, 0.4) is 0 Å². The molecule has 0 bridgehead atoms. The van der Waals surface area contributed by atoms with Gasteiger partial charge in [-0.1, -0.05) is 59.6 Å². The molecule has 1 aliphatic rings. The number of fused-ring (bicyclic) bond motifs is 1. The third-order valence-electron chi connectivity index (χ3n) is 6.66. The minimum absolute atomic E-state index is 0.00208. The van der Waals surface area contributed by atoms with Gasteiger partial charge < -0.3 is 26.4 Å². The van der Waals surface area contributed by atoms with Crippen LogP contribution in [0.2, 0.25) is 10.0 Å². The van der Waals surface area contributed by atoms with Crippen molar-refractivity contribution in [2.24, 2.45) is 0 Å². The van der Waals surface area contributed by atoms with Crippen molar-refractivity contribution in [3.05, 3.63) is 87.4 Å². The SMILES string of the molecule is COC(=O)[C@H](CNC(=O)CNC1CCCc2ccc(N)cc21)NC(=O)c1c(Cl)cc(-c2ccccc2)cc1Cl. The number of esters is 1. The molecule has 204 valence electrons. The quantitative estimate of drug-likeness (QED) is 0.225. The molecule has 0 spiro atoms. The van der Waals surface area contributed by atoms with Gasteiger partial charge in [-0.25, -0.2) is 4.79 Å². The van der Waals surface area contributed by atoms with Crippen molar-refractivity contribution >= 4 is 46.7 Å². The van der Waals surface area contributed by atoms with Gasteiger partial charge in [-0.05, 0) is 65.8 Å². The number of rotatable bonds is 9. The molecule has 39 heavy (non-hydrogen) atoms. The van der Waals surface area contributed by atoms with E-state index in [2.05, 4.69) is 16.0 Å². The number of amides is 2. The van der Waals surface area contributed by atoms with Crippen LogP contribution in [0.1, 0.15) is 40.4 Å². The Morgan fingerprint density at radius 1 is 1.03 bits per heavy atom. The third-order valence-corrected chi connectivity index (χ3v) is 7.26. The predicted octanol–water partition coefficient (Wildman–Crippen LogP) is 4.30. The number of hydrogen-bond donors (Lipinski definition) is 4. The van der Waals surface area contributed by atoms with Gasteiger partial charge in [0.15, 0.2) is 0 Å². The van der Waals surface area contributed by atoms with Gasteiger partial charge in [0.2, 0.25) is 5.91 Å². The summed E-state index contributed by atoms with van der Waals surface area (Å²) in [5.41, 5.74) is 10.6. The van der Waals surface area contributed by atoms with Crippen LogP contribution in [-0.4, -0.2) is 44.0 Å². The van der Waals surface area contributed by atoms with Crippen LogP contribution in [0.4, 0.5) is 5.69 Å². The molecule has 0 fully saturated rings. The average Bonchev–Trinajstić information content (AvgIpc) is 2.93. The molecule has 10 heteroatoms. The number of nitrogens with one attached hydrogen (secondary N) is 3. The summed E-state index contributed by atoms with van der Waals surface area (Å²) in [4.78, 5) is 38.1. The first-order valence-electron chi connectivity index (χ1n) is 12.6. The molecule has 3 aromatic carbocycles.